The van der Waals surface area contributed by atoms with Crippen molar-refractivity contribution in [3.8, 4) is 12.3 Å². The molecule has 0 N–H and O–H groups in total. The van der Waals surface area contributed by atoms with E-state index in [2.05, 4.69) is 44.9 Å². The Bertz CT molecular complexity index is 637. The van der Waals surface area contributed by atoms with Gasteiger partial charge in [0.15, 0.2) is 0 Å². The summed E-state index contributed by atoms with van der Waals surface area (Å²) < 4.78 is 0. The Morgan fingerprint density at radius 2 is 1.91 bits per heavy atom. The Hall–Kier alpha value is -1.22. The van der Waals surface area contributed by atoms with E-state index in [1.54, 1.807) is 11.1 Å². The summed E-state index contributed by atoms with van der Waals surface area (Å²) in [6.45, 7) is 7.29. The maximum atomic E-state index is 5.80. The zero-order valence-electron chi connectivity index (χ0n) is 14.3. The van der Waals surface area contributed by atoms with Gasteiger partial charge in [0.05, 0.1) is 0 Å². The van der Waals surface area contributed by atoms with E-state index in [0.29, 0.717) is 5.41 Å². The van der Waals surface area contributed by atoms with Crippen molar-refractivity contribution in [3.63, 3.8) is 0 Å². The van der Waals surface area contributed by atoms with Crippen molar-refractivity contribution >= 4 is 0 Å². The smallest absolute Gasteiger partial charge is 0.00399 e. The van der Waals surface area contributed by atoms with Gasteiger partial charge >= 0.3 is 0 Å². The summed E-state index contributed by atoms with van der Waals surface area (Å²) in [6.07, 6.45) is 21.0. The second kappa shape index (κ2) is 4.64. The third-order valence-electron chi connectivity index (χ3n) is 7.70. The van der Waals surface area contributed by atoms with Crippen molar-refractivity contribution in [2.45, 2.75) is 59.3 Å². The van der Waals surface area contributed by atoms with Crippen LogP contribution in [-0.2, 0) is 0 Å². The average molecular weight is 292 g/mol. The molecule has 0 saturated heterocycles. The van der Waals surface area contributed by atoms with E-state index in [1.807, 2.05) is 0 Å². The lowest BCUT2D eigenvalue weighted by atomic mass is 9.48. The van der Waals surface area contributed by atoms with Crippen LogP contribution in [0.25, 0.3) is 0 Å². The summed E-state index contributed by atoms with van der Waals surface area (Å²) in [5, 5.41) is 0. The van der Waals surface area contributed by atoms with Crippen LogP contribution >= 0.6 is 0 Å². The van der Waals surface area contributed by atoms with Gasteiger partial charge in [-0.3, -0.25) is 0 Å². The third-order valence-corrected chi connectivity index (χ3v) is 7.70. The van der Waals surface area contributed by atoms with Gasteiger partial charge in [-0.2, -0.15) is 0 Å². The number of hydrogen-bond donors (Lipinski definition) is 0. The van der Waals surface area contributed by atoms with E-state index < -0.39 is 0 Å². The highest BCUT2D eigenvalue weighted by atomic mass is 14.6. The first-order valence-corrected chi connectivity index (χ1v) is 9.04. The Morgan fingerprint density at radius 1 is 1.09 bits per heavy atom. The highest BCUT2D eigenvalue weighted by molar-refractivity contribution is 5.41. The molecule has 1 saturated carbocycles. The van der Waals surface area contributed by atoms with Crippen molar-refractivity contribution in [2.75, 3.05) is 0 Å². The molecular weight excluding hydrogens is 264 g/mol. The summed E-state index contributed by atoms with van der Waals surface area (Å²) in [7, 11) is 0. The van der Waals surface area contributed by atoms with Crippen molar-refractivity contribution < 1.29 is 0 Å². The van der Waals surface area contributed by atoms with Crippen molar-refractivity contribution in [1.29, 1.82) is 0 Å². The van der Waals surface area contributed by atoms with Gasteiger partial charge < -0.3 is 0 Å². The molecule has 0 spiro atoms. The van der Waals surface area contributed by atoms with Crippen LogP contribution in [0.3, 0.4) is 0 Å². The molecule has 0 radical (unpaired) electrons. The Balaban J connectivity index is 1.72. The Morgan fingerprint density at radius 3 is 2.68 bits per heavy atom. The van der Waals surface area contributed by atoms with Crippen molar-refractivity contribution in [1.82, 2.24) is 0 Å². The lowest BCUT2D eigenvalue weighted by Gasteiger charge is -2.56. The molecular formula is C22H28. The molecule has 1 fully saturated rings. The van der Waals surface area contributed by atoms with Gasteiger partial charge in [-0.25, -0.2) is 0 Å². The molecule has 0 heteroatoms. The minimum absolute atomic E-state index is 0.290. The number of allylic oxidation sites excluding steroid dienone is 6. The van der Waals surface area contributed by atoms with Crippen LogP contribution in [0.1, 0.15) is 59.3 Å². The predicted octanol–water partition coefficient (Wildman–Crippen LogP) is 5.67. The van der Waals surface area contributed by atoms with Crippen LogP contribution in [0, 0.1) is 40.9 Å². The van der Waals surface area contributed by atoms with Gasteiger partial charge in [0.2, 0.25) is 0 Å². The van der Waals surface area contributed by atoms with Gasteiger partial charge in [0.25, 0.3) is 0 Å². The fourth-order valence-corrected chi connectivity index (χ4v) is 6.26. The summed E-state index contributed by atoms with van der Waals surface area (Å²) in [6, 6.07) is 0. The van der Waals surface area contributed by atoms with Crippen LogP contribution in [0.4, 0.5) is 0 Å². The summed E-state index contributed by atoms with van der Waals surface area (Å²) >= 11 is 0. The maximum absolute atomic E-state index is 5.80. The molecule has 116 valence electrons. The average Bonchev–Trinajstić information content (AvgIpc) is 2.84. The summed E-state index contributed by atoms with van der Waals surface area (Å²) in [4.78, 5) is 0. The van der Waals surface area contributed by atoms with E-state index >= 15 is 0 Å². The normalized spacial score (nSPS) is 46.5. The number of hydrogen-bond acceptors (Lipinski definition) is 0. The van der Waals surface area contributed by atoms with E-state index in [0.717, 1.165) is 17.8 Å². The molecule has 5 atom stereocenters. The molecule has 5 unspecified atom stereocenters. The Labute approximate surface area is 135 Å². The molecule has 22 heavy (non-hydrogen) atoms. The zero-order valence-corrected chi connectivity index (χ0v) is 14.3. The topological polar surface area (TPSA) is 0 Å². The maximum Gasteiger partial charge on any atom is 0.00399 e. The van der Waals surface area contributed by atoms with Crippen molar-refractivity contribution in [2.24, 2.45) is 28.6 Å². The monoisotopic (exact) mass is 292 g/mol. The standard InChI is InChI=1S/C22H28/c1-5-16-7-9-19-18-8-6-17-14-15(2)10-12-22(17,4)20(18)11-13-21(16,19)3/h1,6-7,14,18-20H,8-13H2,2-4H3. The molecule has 0 aromatic heterocycles. The quantitative estimate of drug-likeness (QED) is 0.504. The van der Waals surface area contributed by atoms with Crippen LogP contribution in [-0.4, -0.2) is 0 Å². The minimum atomic E-state index is 0.290. The van der Waals surface area contributed by atoms with Crippen molar-refractivity contribution in [3.05, 3.63) is 34.9 Å². The van der Waals surface area contributed by atoms with Gasteiger partial charge in [0.1, 0.15) is 0 Å². The fraction of sp³-hybridized carbons (Fsp3) is 0.636. The first-order valence-electron chi connectivity index (χ1n) is 9.04. The first-order chi connectivity index (χ1) is 10.5. The van der Waals surface area contributed by atoms with E-state index in [-0.39, 0.29) is 5.41 Å². The molecule has 0 aromatic carbocycles. The largest absolute Gasteiger partial charge is 0.115 e. The highest BCUT2D eigenvalue weighted by Crippen LogP contribution is 2.64. The second-order valence-electron chi connectivity index (χ2n) is 8.63. The molecule has 0 nitrogen and oxygen atoms in total. The molecule has 0 amide bonds. The Kier molecular flexibility index (Phi) is 3.03. The predicted molar refractivity (Wildman–Crippen MR) is 93.1 cm³/mol. The van der Waals surface area contributed by atoms with E-state index in [9.17, 15) is 0 Å². The van der Waals surface area contributed by atoms with Gasteiger partial charge in [-0.05, 0) is 74.2 Å². The lowest BCUT2D eigenvalue weighted by Crippen LogP contribution is -2.48. The second-order valence-corrected chi connectivity index (χ2v) is 8.63. The van der Waals surface area contributed by atoms with Crippen LogP contribution in [0.2, 0.25) is 0 Å². The molecule has 0 aliphatic heterocycles. The lowest BCUT2D eigenvalue weighted by molar-refractivity contribution is -0.00802. The minimum Gasteiger partial charge on any atom is -0.115 e. The first kappa shape index (κ1) is 14.4. The number of fused-ring (bicyclic) bond motifs is 5. The summed E-state index contributed by atoms with van der Waals surface area (Å²) in [5.74, 6) is 5.48. The fourth-order valence-electron chi connectivity index (χ4n) is 6.26. The highest BCUT2D eigenvalue weighted by Gasteiger charge is 2.55. The van der Waals surface area contributed by atoms with E-state index in [4.69, 9.17) is 6.42 Å². The van der Waals surface area contributed by atoms with Gasteiger partial charge in [0, 0.05) is 11.0 Å². The van der Waals surface area contributed by atoms with Crippen LogP contribution < -0.4 is 0 Å². The molecule has 4 aliphatic rings. The summed E-state index contributed by atoms with van der Waals surface area (Å²) in [5.41, 5.74) is 5.22. The van der Waals surface area contributed by atoms with Gasteiger partial charge in [-0.15, -0.1) is 6.42 Å². The molecule has 0 heterocycles. The number of rotatable bonds is 0. The van der Waals surface area contributed by atoms with Crippen LogP contribution in [0.15, 0.2) is 34.9 Å². The molecule has 4 aliphatic carbocycles. The van der Waals surface area contributed by atoms with E-state index in [1.165, 1.54) is 44.1 Å². The molecule has 0 bridgehead atoms. The van der Waals surface area contributed by atoms with Crippen LogP contribution in [0.5, 0.6) is 0 Å². The van der Waals surface area contributed by atoms with Gasteiger partial charge in [-0.1, -0.05) is 43.6 Å². The molecule has 4 rings (SSSR count). The molecule has 0 aromatic rings. The number of terminal acetylenes is 1. The third kappa shape index (κ3) is 1.72. The SMILES string of the molecule is C#CC1=CCC2C3CC=C4C=C(C)CCC4(C)C3CCC12C. The zero-order chi connectivity index (χ0) is 15.5.